The van der Waals surface area contributed by atoms with Crippen molar-refractivity contribution >= 4 is 20.1 Å². The SMILES string of the molecule is COC(C)(COP(=O)(OCOC(=O)OC(C)C)OCOC(=O)OC(C)C)CC(F)n1cc(C)c(=O)[nH]c1=O. The summed E-state index contributed by atoms with van der Waals surface area (Å²) >= 11 is 0. The third-order valence-corrected chi connectivity index (χ3v) is 5.80. The van der Waals surface area contributed by atoms with Crippen molar-refractivity contribution in [3.63, 3.8) is 0 Å². The van der Waals surface area contributed by atoms with Crippen molar-refractivity contribution in [3.8, 4) is 0 Å². The van der Waals surface area contributed by atoms with Gasteiger partial charge in [-0.25, -0.2) is 32.4 Å². The average Bonchev–Trinajstić information content (AvgIpc) is 2.79. The number of aromatic nitrogens is 2. The number of hydrogen-bond acceptors (Lipinski definition) is 13. The van der Waals surface area contributed by atoms with Gasteiger partial charge in [0.2, 0.25) is 13.6 Å². The van der Waals surface area contributed by atoms with Crippen LogP contribution >= 0.6 is 7.82 Å². The number of alkyl halides is 1. The van der Waals surface area contributed by atoms with Crippen LogP contribution in [0.3, 0.4) is 0 Å². The molecule has 1 heterocycles. The van der Waals surface area contributed by atoms with E-state index < -0.39 is 82.1 Å². The van der Waals surface area contributed by atoms with Crippen LogP contribution < -0.4 is 11.2 Å². The van der Waals surface area contributed by atoms with Crippen LogP contribution in [0.5, 0.6) is 0 Å². The standard InChI is InChI=1S/C21H34FN2O13P/c1-13(2)36-19(27)31-11-34-38(29,35-12-32-20(28)37-14(3)4)33-10-21(6,30-7)8-16(22)24-9-15(5)17(25)23-18(24)26/h9,13-14,16H,8,10-12H2,1-7H3,(H,23,25,26). The van der Waals surface area contributed by atoms with E-state index in [0.717, 1.165) is 6.20 Å². The third kappa shape index (κ3) is 11.7. The highest BCUT2D eigenvalue weighted by atomic mass is 31.2. The van der Waals surface area contributed by atoms with E-state index in [1.54, 1.807) is 27.7 Å². The number of methoxy groups -OCH3 is 1. The van der Waals surface area contributed by atoms with Crippen LogP contribution in [0.1, 0.15) is 52.9 Å². The van der Waals surface area contributed by atoms with E-state index in [0.29, 0.717) is 4.57 Å². The summed E-state index contributed by atoms with van der Waals surface area (Å²) in [7, 11) is -3.43. The van der Waals surface area contributed by atoms with Crippen molar-refractivity contribution in [2.45, 2.75) is 72.1 Å². The van der Waals surface area contributed by atoms with E-state index in [1.165, 1.54) is 21.0 Å². The van der Waals surface area contributed by atoms with Crippen LogP contribution in [0, 0.1) is 6.92 Å². The van der Waals surface area contributed by atoms with Gasteiger partial charge in [-0.1, -0.05) is 0 Å². The van der Waals surface area contributed by atoms with E-state index in [-0.39, 0.29) is 5.56 Å². The van der Waals surface area contributed by atoms with Crippen molar-refractivity contribution in [1.29, 1.82) is 0 Å². The van der Waals surface area contributed by atoms with E-state index >= 15 is 4.39 Å². The molecule has 0 saturated heterocycles. The Hall–Kier alpha value is -2.78. The lowest BCUT2D eigenvalue weighted by Gasteiger charge is -2.30. The van der Waals surface area contributed by atoms with Gasteiger partial charge in [0.25, 0.3) is 5.56 Å². The van der Waals surface area contributed by atoms with Gasteiger partial charge in [-0.05, 0) is 41.5 Å². The zero-order valence-corrected chi connectivity index (χ0v) is 23.1. The topological polar surface area (TPSA) is 180 Å². The molecule has 0 aliphatic carbocycles. The van der Waals surface area contributed by atoms with Gasteiger partial charge >= 0.3 is 25.8 Å². The molecule has 38 heavy (non-hydrogen) atoms. The second kappa shape index (κ2) is 15.0. The molecular weight excluding hydrogens is 538 g/mol. The van der Waals surface area contributed by atoms with Gasteiger partial charge in [-0.3, -0.25) is 18.9 Å². The summed E-state index contributed by atoms with van der Waals surface area (Å²) in [5.74, 6) is 0. The lowest BCUT2D eigenvalue weighted by atomic mass is 10.0. The molecule has 1 N–H and O–H groups in total. The Bertz CT molecular complexity index is 1060. The number of rotatable bonds is 15. The van der Waals surface area contributed by atoms with E-state index in [9.17, 15) is 23.7 Å². The fraction of sp³-hybridized carbons (Fsp3) is 0.714. The number of phosphoric ester groups is 1. The number of nitrogens with one attached hydrogen (secondary N) is 1. The first-order chi connectivity index (χ1) is 17.6. The zero-order valence-electron chi connectivity index (χ0n) is 22.2. The van der Waals surface area contributed by atoms with Crippen LogP contribution in [0.2, 0.25) is 0 Å². The molecule has 0 saturated carbocycles. The molecular formula is C21H34FN2O13P. The fourth-order valence-electron chi connectivity index (χ4n) is 2.51. The van der Waals surface area contributed by atoms with Crippen molar-refractivity contribution in [2.24, 2.45) is 0 Å². The summed E-state index contributed by atoms with van der Waals surface area (Å²) in [5.41, 5.74) is -3.08. The second-order valence-electron chi connectivity index (χ2n) is 8.61. The zero-order chi connectivity index (χ0) is 29.1. The lowest BCUT2D eigenvalue weighted by molar-refractivity contribution is -0.0821. The summed E-state index contributed by atoms with van der Waals surface area (Å²) in [6.45, 7) is 6.52. The van der Waals surface area contributed by atoms with Crippen molar-refractivity contribution < 1.29 is 55.8 Å². The molecule has 1 aromatic heterocycles. The highest BCUT2D eigenvalue weighted by molar-refractivity contribution is 7.48. The first-order valence-electron chi connectivity index (χ1n) is 11.3. The van der Waals surface area contributed by atoms with Crippen LogP contribution in [0.4, 0.5) is 14.0 Å². The van der Waals surface area contributed by atoms with Gasteiger partial charge in [0.15, 0.2) is 6.30 Å². The van der Waals surface area contributed by atoms with Crippen molar-refractivity contribution in [3.05, 3.63) is 32.6 Å². The predicted molar refractivity (Wildman–Crippen MR) is 127 cm³/mol. The average molecular weight is 572 g/mol. The van der Waals surface area contributed by atoms with Crippen LogP contribution in [-0.4, -0.2) is 67.0 Å². The maximum absolute atomic E-state index is 15.0. The number of hydrogen-bond donors (Lipinski definition) is 1. The molecule has 0 aromatic carbocycles. The minimum absolute atomic E-state index is 0.0981. The number of ether oxygens (including phenoxy) is 5. The predicted octanol–water partition coefficient (Wildman–Crippen LogP) is 3.30. The number of aromatic amines is 1. The highest BCUT2D eigenvalue weighted by Crippen LogP contribution is 2.50. The molecule has 0 bridgehead atoms. The molecule has 17 heteroatoms. The maximum Gasteiger partial charge on any atom is 0.510 e. The quantitative estimate of drug-likeness (QED) is 0.184. The molecule has 1 aromatic rings. The minimum Gasteiger partial charge on any atom is -0.432 e. The minimum atomic E-state index is -4.63. The van der Waals surface area contributed by atoms with Crippen molar-refractivity contribution in [1.82, 2.24) is 9.55 Å². The van der Waals surface area contributed by atoms with E-state index in [1.807, 2.05) is 4.98 Å². The summed E-state index contributed by atoms with van der Waals surface area (Å²) in [5, 5.41) is 0. The molecule has 2 atom stereocenters. The smallest absolute Gasteiger partial charge is 0.432 e. The monoisotopic (exact) mass is 572 g/mol. The van der Waals surface area contributed by atoms with Gasteiger partial charge in [0, 0.05) is 25.3 Å². The Morgan fingerprint density at radius 1 is 1.03 bits per heavy atom. The molecule has 0 aliphatic rings. The number of carbonyl (C=O) groups excluding carboxylic acids is 2. The number of aryl methyl sites for hydroxylation is 1. The van der Waals surface area contributed by atoms with Gasteiger partial charge in [0.1, 0.15) is 0 Å². The summed E-state index contributed by atoms with van der Waals surface area (Å²) < 4.78 is 68.0. The van der Waals surface area contributed by atoms with Crippen LogP contribution in [0.25, 0.3) is 0 Å². The molecule has 0 amide bonds. The van der Waals surface area contributed by atoms with Gasteiger partial charge in [-0.15, -0.1) is 0 Å². The van der Waals surface area contributed by atoms with Gasteiger partial charge < -0.3 is 23.7 Å². The fourth-order valence-corrected chi connectivity index (χ4v) is 3.53. The van der Waals surface area contributed by atoms with Gasteiger partial charge in [0.05, 0.1) is 24.4 Å². The van der Waals surface area contributed by atoms with E-state index in [4.69, 9.17) is 27.8 Å². The molecule has 0 radical (unpaired) electrons. The molecule has 0 spiro atoms. The lowest BCUT2D eigenvalue weighted by Crippen LogP contribution is -2.39. The maximum atomic E-state index is 15.0. The summed E-state index contributed by atoms with van der Waals surface area (Å²) in [6, 6.07) is 0. The summed E-state index contributed by atoms with van der Waals surface area (Å²) in [4.78, 5) is 48.6. The highest BCUT2D eigenvalue weighted by Gasteiger charge is 2.36. The van der Waals surface area contributed by atoms with E-state index in [2.05, 4.69) is 9.47 Å². The largest absolute Gasteiger partial charge is 0.510 e. The van der Waals surface area contributed by atoms with Crippen LogP contribution in [-0.2, 0) is 41.8 Å². The van der Waals surface area contributed by atoms with Crippen LogP contribution in [0.15, 0.2) is 15.8 Å². The molecule has 0 fully saturated rings. The number of nitrogens with zero attached hydrogens (tertiary/aromatic N) is 1. The number of carbonyl (C=O) groups is 2. The molecule has 1 rings (SSSR count). The third-order valence-electron chi connectivity index (χ3n) is 4.51. The molecule has 218 valence electrons. The Morgan fingerprint density at radius 3 is 1.97 bits per heavy atom. The molecule has 0 aliphatic heterocycles. The number of phosphoric acid groups is 1. The van der Waals surface area contributed by atoms with Gasteiger partial charge in [-0.2, -0.15) is 0 Å². The first-order valence-corrected chi connectivity index (χ1v) is 12.8. The molecule has 2 unspecified atom stereocenters. The Morgan fingerprint density at radius 2 is 1.53 bits per heavy atom. The Balaban J connectivity index is 2.94. The second-order valence-corrected chi connectivity index (χ2v) is 10.3. The normalized spacial score (nSPS) is 14.2. The summed E-state index contributed by atoms with van der Waals surface area (Å²) in [6.07, 6.45) is -4.73. The first kappa shape index (κ1) is 33.2. The Labute approximate surface area is 218 Å². The Kier molecular flexibility index (Phi) is 13.1. The van der Waals surface area contributed by atoms with Crippen molar-refractivity contribution in [2.75, 3.05) is 27.3 Å². The number of H-pyrrole nitrogens is 1. The number of halogens is 1. The molecule has 15 nitrogen and oxygen atoms in total.